The van der Waals surface area contributed by atoms with Gasteiger partial charge in [-0.25, -0.2) is 0 Å². The van der Waals surface area contributed by atoms with Crippen molar-refractivity contribution in [3.63, 3.8) is 0 Å². The van der Waals surface area contributed by atoms with Crippen LogP contribution in [0.3, 0.4) is 0 Å². The molecule has 1 aromatic heterocycles. The third-order valence-corrected chi connectivity index (χ3v) is 5.20. The van der Waals surface area contributed by atoms with Gasteiger partial charge in [0.1, 0.15) is 0 Å². The Balaban J connectivity index is 1.56. The maximum absolute atomic E-state index is 12.4. The molecule has 0 saturated carbocycles. The topological polar surface area (TPSA) is 82.0 Å². The zero-order valence-electron chi connectivity index (χ0n) is 15.4. The molecular formula is C22H23N3O2. The highest BCUT2D eigenvalue weighted by molar-refractivity contribution is 5.97. The molecule has 2 aromatic carbocycles. The highest BCUT2D eigenvalue weighted by Gasteiger charge is 2.31. The summed E-state index contributed by atoms with van der Waals surface area (Å²) in [6.45, 7) is 1.91. The molecule has 27 heavy (non-hydrogen) atoms. The quantitative estimate of drug-likeness (QED) is 0.715. The van der Waals surface area contributed by atoms with Crippen molar-refractivity contribution < 1.29 is 9.21 Å². The van der Waals surface area contributed by atoms with Crippen LogP contribution in [0, 0.1) is 0 Å². The summed E-state index contributed by atoms with van der Waals surface area (Å²) in [5, 5.41) is 8.52. The molecule has 2 N–H and O–H groups in total. The summed E-state index contributed by atoms with van der Waals surface area (Å²) in [6.07, 6.45) is 2.53. The molecule has 5 heteroatoms. The van der Waals surface area contributed by atoms with Gasteiger partial charge in [0.15, 0.2) is 5.78 Å². The molecule has 4 rings (SSSR count). The fraction of sp³-hybridized carbons (Fsp3) is 0.318. The van der Waals surface area contributed by atoms with Crippen LogP contribution in [0.1, 0.15) is 58.9 Å². The van der Waals surface area contributed by atoms with Crippen LogP contribution in [0.15, 0.2) is 59.0 Å². The number of hydrogen-bond donors (Lipinski definition) is 1. The summed E-state index contributed by atoms with van der Waals surface area (Å²) in [7, 11) is 0. The van der Waals surface area contributed by atoms with E-state index >= 15 is 0 Å². The van der Waals surface area contributed by atoms with Gasteiger partial charge in [0.05, 0.1) is 5.54 Å². The van der Waals surface area contributed by atoms with Gasteiger partial charge in [0, 0.05) is 17.9 Å². The minimum atomic E-state index is -0.745. The second-order valence-electron chi connectivity index (χ2n) is 7.55. The van der Waals surface area contributed by atoms with E-state index in [1.807, 2.05) is 61.5 Å². The standard InChI is InChI=1S/C22H23N3O2/c1-22(23,14-15-7-3-2-4-8-15)21-25-24-20(27-21)17-11-12-19(26)18-10-6-5-9-16(18)13-17/h2-10,17H,11-14,23H2,1H3/t17?,22-/m1/s1. The number of carbonyl (C=O) groups excluding carboxylic acids is 1. The van der Waals surface area contributed by atoms with Crippen molar-refractivity contribution in [2.45, 2.75) is 44.1 Å². The number of fused-ring (bicyclic) bond motifs is 1. The normalized spacial score (nSPS) is 19.2. The molecular weight excluding hydrogens is 338 g/mol. The van der Waals surface area contributed by atoms with Crippen LogP contribution < -0.4 is 5.73 Å². The van der Waals surface area contributed by atoms with Gasteiger partial charge in [-0.15, -0.1) is 10.2 Å². The summed E-state index contributed by atoms with van der Waals surface area (Å²) in [5.74, 6) is 1.22. The fourth-order valence-corrected chi connectivity index (χ4v) is 3.71. The SMILES string of the molecule is C[C@@](N)(Cc1ccccc1)c1nnc(C2CCC(=O)c3ccccc3C2)o1. The van der Waals surface area contributed by atoms with Crippen molar-refractivity contribution >= 4 is 5.78 Å². The molecule has 0 fully saturated rings. The van der Waals surface area contributed by atoms with Crippen LogP contribution in [0.5, 0.6) is 0 Å². The molecule has 0 saturated heterocycles. The largest absolute Gasteiger partial charge is 0.423 e. The number of hydrogen-bond acceptors (Lipinski definition) is 5. The van der Waals surface area contributed by atoms with E-state index < -0.39 is 5.54 Å². The van der Waals surface area contributed by atoms with Crippen molar-refractivity contribution in [1.29, 1.82) is 0 Å². The Bertz CT molecular complexity index is 947. The third-order valence-electron chi connectivity index (χ3n) is 5.20. The highest BCUT2D eigenvalue weighted by atomic mass is 16.4. The van der Waals surface area contributed by atoms with Gasteiger partial charge in [-0.05, 0) is 37.3 Å². The zero-order chi connectivity index (χ0) is 18.9. The average molecular weight is 361 g/mol. The summed E-state index contributed by atoms with van der Waals surface area (Å²) in [6, 6.07) is 17.8. The molecule has 138 valence electrons. The molecule has 3 aromatic rings. The first-order valence-electron chi connectivity index (χ1n) is 9.31. The first-order chi connectivity index (χ1) is 13.0. The lowest BCUT2D eigenvalue weighted by Gasteiger charge is -2.20. The van der Waals surface area contributed by atoms with E-state index in [4.69, 9.17) is 10.2 Å². The first-order valence-corrected chi connectivity index (χ1v) is 9.31. The molecule has 1 heterocycles. The molecule has 0 amide bonds. The van der Waals surface area contributed by atoms with Crippen molar-refractivity contribution in [3.8, 4) is 0 Å². The number of benzene rings is 2. The van der Waals surface area contributed by atoms with Gasteiger partial charge in [-0.2, -0.15) is 0 Å². The van der Waals surface area contributed by atoms with Gasteiger partial charge in [-0.3, -0.25) is 4.79 Å². The number of aromatic nitrogens is 2. The van der Waals surface area contributed by atoms with Gasteiger partial charge < -0.3 is 10.2 Å². The maximum Gasteiger partial charge on any atom is 0.236 e. The molecule has 0 radical (unpaired) electrons. The molecule has 2 atom stereocenters. The summed E-state index contributed by atoms with van der Waals surface area (Å²) in [4.78, 5) is 12.4. The van der Waals surface area contributed by atoms with E-state index in [1.165, 1.54) is 0 Å². The lowest BCUT2D eigenvalue weighted by Crippen LogP contribution is -2.35. The Morgan fingerprint density at radius 1 is 1.11 bits per heavy atom. The Morgan fingerprint density at radius 3 is 2.67 bits per heavy atom. The Morgan fingerprint density at radius 2 is 1.85 bits per heavy atom. The van der Waals surface area contributed by atoms with E-state index in [9.17, 15) is 4.79 Å². The maximum atomic E-state index is 12.4. The average Bonchev–Trinajstić information content (AvgIpc) is 3.10. The van der Waals surface area contributed by atoms with Gasteiger partial charge in [0.25, 0.3) is 0 Å². The van der Waals surface area contributed by atoms with Crippen molar-refractivity contribution in [3.05, 3.63) is 83.1 Å². The van der Waals surface area contributed by atoms with E-state index in [2.05, 4.69) is 10.2 Å². The monoisotopic (exact) mass is 361 g/mol. The predicted molar refractivity (Wildman–Crippen MR) is 102 cm³/mol. The number of nitrogens with zero attached hydrogens (tertiary/aromatic N) is 2. The van der Waals surface area contributed by atoms with Crippen molar-refractivity contribution in [2.24, 2.45) is 5.73 Å². The highest BCUT2D eigenvalue weighted by Crippen LogP contribution is 2.32. The summed E-state index contributed by atoms with van der Waals surface area (Å²) in [5.41, 5.74) is 8.73. The minimum Gasteiger partial charge on any atom is -0.423 e. The van der Waals surface area contributed by atoms with Crippen molar-refractivity contribution in [1.82, 2.24) is 10.2 Å². The van der Waals surface area contributed by atoms with Crippen LogP contribution in [0.2, 0.25) is 0 Å². The molecule has 0 aliphatic heterocycles. The van der Waals surface area contributed by atoms with E-state index in [0.29, 0.717) is 31.0 Å². The molecule has 1 aliphatic rings. The second-order valence-corrected chi connectivity index (χ2v) is 7.55. The Kier molecular flexibility index (Phi) is 4.62. The molecule has 5 nitrogen and oxygen atoms in total. The minimum absolute atomic E-state index is 0.0337. The van der Waals surface area contributed by atoms with Crippen LogP contribution >= 0.6 is 0 Å². The van der Waals surface area contributed by atoms with Crippen molar-refractivity contribution in [2.75, 3.05) is 0 Å². The second kappa shape index (κ2) is 7.08. The fourth-order valence-electron chi connectivity index (χ4n) is 3.71. The van der Waals surface area contributed by atoms with E-state index in [0.717, 1.165) is 23.1 Å². The van der Waals surface area contributed by atoms with Gasteiger partial charge >= 0.3 is 0 Å². The molecule has 1 unspecified atom stereocenters. The zero-order valence-corrected chi connectivity index (χ0v) is 15.4. The summed E-state index contributed by atoms with van der Waals surface area (Å²) >= 11 is 0. The van der Waals surface area contributed by atoms with Gasteiger partial charge in [0.2, 0.25) is 11.8 Å². The Labute approximate surface area is 158 Å². The number of nitrogens with two attached hydrogens (primary N) is 1. The number of rotatable bonds is 4. The molecule has 1 aliphatic carbocycles. The lowest BCUT2D eigenvalue weighted by molar-refractivity contribution is 0.0980. The molecule has 0 spiro atoms. The predicted octanol–water partition coefficient (Wildman–Crippen LogP) is 3.79. The number of Topliss-reactive ketones (excluding diaryl/α,β-unsaturated/α-hetero) is 1. The third kappa shape index (κ3) is 3.69. The van der Waals surface area contributed by atoms with E-state index in [-0.39, 0.29) is 11.7 Å². The van der Waals surface area contributed by atoms with Gasteiger partial charge in [-0.1, -0.05) is 54.6 Å². The van der Waals surface area contributed by atoms with Crippen LogP contribution in [-0.2, 0) is 18.4 Å². The van der Waals surface area contributed by atoms with E-state index in [1.54, 1.807) is 0 Å². The smallest absolute Gasteiger partial charge is 0.236 e. The first kappa shape index (κ1) is 17.6. The van der Waals surface area contributed by atoms with Crippen LogP contribution in [0.4, 0.5) is 0 Å². The summed E-state index contributed by atoms with van der Waals surface area (Å²) < 4.78 is 6.01. The van der Waals surface area contributed by atoms with Crippen LogP contribution in [-0.4, -0.2) is 16.0 Å². The number of carbonyl (C=O) groups is 1. The molecule has 0 bridgehead atoms. The Hall–Kier alpha value is -2.79. The number of ketones is 1. The lowest BCUT2D eigenvalue weighted by atomic mass is 9.94. The van der Waals surface area contributed by atoms with Crippen LogP contribution in [0.25, 0.3) is 0 Å².